The molecule has 6 nitrogen and oxygen atoms in total. The van der Waals surface area contributed by atoms with Crippen LogP contribution >= 0.6 is 24.0 Å². The number of nitrogens with zero attached hydrogens (tertiary/aromatic N) is 2. The van der Waals surface area contributed by atoms with Crippen molar-refractivity contribution in [3.8, 4) is 5.75 Å². The zero-order valence-electron chi connectivity index (χ0n) is 19.3. The fraction of sp³-hybridized carbons (Fsp3) is 0.440. The quantitative estimate of drug-likeness (QED) is 0.227. The van der Waals surface area contributed by atoms with Gasteiger partial charge < -0.3 is 20.3 Å². The summed E-state index contributed by atoms with van der Waals surface area (Å²) in [7, 11) is 1.75. The lowest BCUT2D eigenvalue weighted by molar-refractivity contribution is -0.132. The van der Waals surface area contributed by atoms with Crippen molar-refractivity contribution >= 4 is 35.8 Å². The highest BCUT2D eigenvalue weighted by Gasteiger charge is 2.19. The summed E-state index contributed by atoms with van der Waals surface area (Å²) in [5.74, 6) is 1.81. The molecule has 7 heteroatoms. The minimum Gasteiger partial charge on any atom is -0.489 e. The van der Waals surface area contributed by atoms with E-state index in [0.29, 0.717) is 19.5 Å². The maximum absolute atomic E-state index is 12.6. The van der Waals surface area contributed by atoms with E-state index in [2.05, 4.69) is 46.8 Å². The number of ether oxygens (including phenoxy) is 1. The summed E-state index contributed by atoms with van der Waals surface area (Å²) in [6.45, 7) is 6.95. The van der Waals surface area contributed by atoms with Crippen molar-refractivity contribution in [2.45, 2.75) is 45.8 Å². The molecule has 1 aliphatic heterocycles. The van der Waals surface area contributed by atoms with Gasteiger partial charge in [-0.15, -0.1) is 24.0 Å². The number of rotatable bonds is 8. The summed E-state index contributed by atoms with van der Waals surface area (Å²) in [6.07, 6.45) is 2.26. The van der Waals surface area contributed by atoms with Gasteiger partial charge in [0.1, 0.15) is 11.9 Å². The summed E-state index contributed by atoms with van der Waals surface area (Å²) >= 11 is 0. The second-order valence-corrected chi connectivity index (χ2v) is 8.06. The molecule has 0 aliphatic carbocycles. The lowest BCUT2D eigenvalue weighted by Crippen LogP contribution is -2.42. The fourth-order valence-corrected chi connectivity index (χ4v) is 3.74. The molecule has 174 valence electrons. The predicted octanol–water partition coefficient (Wildman–Crippen LogP) is 3.91. The Hall–Kier alpha value is -2.29. The number of hydrogen-bond acceptors (Lipinski definition) is 3. The molecule has 1 heterocycles. The number of halogens is 1. The second-order valence-electron chi connectivity index (χ2n) is 8.06. The molecule has 1 atom stereocenters. The smallest absolute Gasteiger partial charge is 0.222 e. The van der Waals surface area contributed by atoms with Crippen LogP contribution in [-0.2, 0) is 17.8 Å². The highest BCUT2D eigenvalue weighted by molar-refractivity contribution is 14.0. The molecule has 1 amide bonds. The van der Waals surface area contributed by atoms with Gasteiger partial charge in [0.15, 0.2) is 5.96 Å². The molecule has 0 bridgehead atoms. The van der Waals surface area contributed by atoms with Crippen molar-refractivity contribution in [3.05, 3.63) is 65.2 Å². The molecule has 1 aliphatic rings. The van der Waals surface area contributed by atoms with Crippen LogP contribution in [0.3, 0.4) is 0 Å². The zero-order valence-corrected chi connectivity index (χ0v) is 21.6. The zero-order chi connectivity index (χ0) is 22.1. The molecule has 2 N–H and O–H groups in total. The average Bonchev–Trinajstić information content (AvgIpc) is 2.78. The van der Waals surface area contributed by atoms with Crippen LogP contribution in [-0.4, -0.2) is 49.6 Å². The minimum atomic E-state index is 0. The number of aryl methyl sites for hydroxylation is 1. The molecule has 0 spiro atoms. The first-order chi connectivity index (χ1) is 15.0. The van der Waals surface area contributed by atoms with Gasteiger partial charge in [-0.1, -0.05) is 36.4 Å². The van der Waals surface area contributed by atoms with Crippen LogP contribution in [0.5, 0.6) is 5.75 Å². The molecule has 0 saturated carbocycles. The topological polar surface area (TPSA) is 66.0 Å². The molecule has 2 aromatic carbocycles. The number of carbonyl (C=O) groups excluding carboxylic acids is 1. The van der Waals surface area contributed by atoms with Crippen LogP contribution in [0.4, 0.5) is 0 Å². The standard InChI is InChI=1S/C25H34N4O2.HI/c1-19-8-6-11-23(16-19)31-20(2)17-28-25(26-3)27-14-7-12-24(30)29-15-13-21-9-4-5-10-22(21)18-29;/h4-6,8-11,16,20H,7,12-15,17-18H2,1-3H3,(H2,26,27,28);1H. The van der Waals surface area contributed by atoms with Gasteiger partial charge in [-0.05, 0) is 55.5 Å². The highest BCUT2D eigenvalue weighted by Crippen LogP contribution is 2.19. The fourth-order valence-electron chi connectivity index (χ4n) is 3.74. The first kappa shape index (κ1) is 26.0. The molecule has 0 aromatic heterocycles. The molecule has 32 heavy (non-hydrogen) atoms. The molecular weight excluding hydrogens is 515 g/mol. The molecular formula is C25H35IN4O2. The van der Waals surface area contributed by atoms with Crippen molar-refractivity contribution in [2.24, 2.45) is 4.99 Å². The van der Waals surface area contributed by atoms with E-state index in [-0.39, 0.29) is 36.0 Å². The molecule has 0 fully saturated rings. The third-order valence-corrected chi connectivity index (χ3v) is 5.45. The maximum Gasteiger partial charge on any atom is 0.222 e. The number of fused-ring (bicyclic) bond motifs is 1. The van der Waals surface area contributed by atoms with Crippen molar-refractivity contribution in [1.29, 1.82) is 0 Å². The van der Waals surface area contributed by atoms with Crippen LogP contribution in [0.2, 0.25) is 0 Å². The van der Waals surface area contributed by atoms with E-state index in [1.807, 2.05) is 36.1 Å². The SMILES string of the molecule is CN=C(NCCCC(=O)N1CCc2ccccc2C1)NCC(C)Oc1cccc(C)c1.I. The number of guanidine groups is 1. The Balaban J connectivity index is 0.00000363. The van der Waals surface area contributed by atoms with Gasteiger partial charge in [0.2, 0.25) is 5.91 Å². The predicted molar refractivity (Wildman–Crippen MR) is 141 cm³/mol. The van der Waals surface area contributed by atoms with Crippen molar-refractivity contribution in [1.82, 2.24) is 15.5 Å². The normalized spacial score (nSPS) is 14.1. The third kappa shape index (κ3) is 8.00. The summed E-state index contributed by atoms with van der Waals surface area (Å²) in [4.78, 5) is 18.8. The number of nitrogens with one attached hydrogen (secondary N) is 2. The molecule has 0 saturated heterocycles. The van der Waals surface area contributed by atoms with E-state index < -0.39 is 0 Å². The minimum absolute atomic E-state index is 0. The third-order valence-electron chi connectivity index (χ3n) is 5.45. The Bertz CT molecular complexity index is 903. The van der Waals surface area contributed by atoms with Gasteiger partial charge in [0.25, 0.3) is 0 Å². The van der Waals surface area contributed by atoms with Gasteiger partial charge in [-0.2, -0.15) is 0 Å². The van der Waals surface area contributed by atoms with E-state index in [1.54, 1.807) is 7.05 Å². The van der Waals surface area contributed by atoms with Gasteiger partial charge >= 0.3 is 0 Å². The van der Waals surface area contributed by atoms with E-state index in [0.717, 1.165) is 37.6 Å². The number of amides is 1. The van der Waals surface area contributed by atoms with Crippen molar-refractivity contribution in [2.75, 3.05) is 26.7 Å². The summed E-state index contributed by atoms with van der Waals surface area (Å²) in [6, 6.07) is 16.4. The van der Waals surface area contributed by atoms with Gasteiger partial charge in [0, 0.05) is 33.1 Å². The van der Waals surface area contributed by atoms with E-state index in [9.17, 15) is 4.79 Å². The first-order valence-electron chi connectivity index (χ1n) is 11.1. The Morgan fingerprint density at radius 2 is 1.94 bits per heavy atom. The monoisotopic (exact) mass is 550 g/mol. The van der Waals surface area contributed by atoms with E-state index in [1.165, 1.54) is 16.7 Å². The van der Waals surface area contributed by atoms with Crippen molar-refractivity contribution in [3.63, 3.8) is 0 Å². The van der Waals surface area contributed by atoms with Gasteiger partial charge in [-0.3, -0.25) is 9.79 Å². The maximum atomic E-state index is 12.6. The Morgan fingerprint density at radius 3 is 2.69 bits per heavy atom. The molecule has 0 radical (unpaired) electrons. The summed E-state index contributed by atoms with van der Waals surface area (Å²) < 4.78 is 5.94. The van der Waals surface area contributed by atoms with Crippen molar-refractivity contribution < 1.29 is 9.53 Å². The van der Waals surface area contributed by atoms with Crippen LogP contribution < -0.4 is 15.4 Å². The Labute approximate surface area is 208 Å². The molecule has 3 rings (SSSR count). The van der Waals surface area contributed by atoms with Gasteiger partial charge in [-0.25, -0.2) is 0 Å². The first-order valence-corrected chi connectivity index (χ1v) is 11.1. The van der Waals surface area contributed by atoms with E-state index >= 15 is 0 Å². The number of aliphatic imine (C=N–C) groups is 1. The van der Waals surface area contributed by atoms with Gasteiger partial charge in [0.05, 0.1) is 6.54 Å². The van der Waals surface area contributed by atoms with Crippen LogP contribution in [0.25, 0.3) is 0 Å². The van der Waals surface area contributed by atoms with E-state index in [4.69, 9.17) is 4.74 Å². The van der Waals surface area contributed by atoms with Crippen LogP contribution in [0.1, 0.15) is 36.5 Å². The lowest BCUT2D eigenvalue weighted by atomic mass is 9.99. The number of hydrogen-bond donors (Lipinski definition) is 2. The Morgan fingerprint density at radius 1 is 1.16 bits per heavy atom. The number of carbonyl (C=O) groups is 1. The highest BCUT2D eigenvalue weighted by atomic mass is 127. The summed E-state index contributed by atoms with van der Waals surface area (Å²) in [5.41, 5.74) is 3.81. The number of benzene rings is 2. The largest absolute Gasteiger partial charge is 0.489 e. The molecule has 1 unspecified atom stereocenters. The summed E-state index contributed by atoms with van der Waals surface area (Å²) in [5, 5.41) is 6.57. The average molecular weight is 550 g/mol. The Kier molecular flexibility index (Phi) is 10.8. The lowest BCUT2D eigenvalue weighted by Gasteiger charge is -2.29. The van der Waals surface area contributed by atoms with Crippen LogP contribution in [0, 0.1) is 6.92 Å². The second kappa shape index (κ2) is 13.3. The van der Waals surface area contributed by atoms with Crippen LogP contribution in [0.15, 0.2) is 53.5 Å². The molecule has 2 aromatic rings.